The second kappa shape index (κ2) is 7.81. The molecule has 0 saturated carbocycles. The molecule has 0 bridgehead atoms. The lowest BCUT2D eigenvalue weighted by Crippen LogP contribution is -2.21. The molecular formula is C28H23N3S. The van der Waals surface area contributed by atoms with E-state index in [4.69, 9.17) is 0 Å². The topological polar surface area (TPSA) is 11.4 Å². The quantitative estimate of drug-likeness (QED) is 0.299. The van der Waals surface area contributed by atoms with Gasteiger partial charge in [-0.3, -0.25) is 0 Å². The lowest BCUT2D eigenvalue weighted by Gasteiger charge is -2.18. The molecule has 0 radical (unpaired) electrons. The van der Waals surface area contributed by atoms with E-state index in [0.717, 1.165) is 6.67 Å². The van der Waals surface area contributed by atoms with E-state index >= 15 is 0 Å². The van der Waals surface area contributed by atoms with Gasteiger partial charge in [-0.1, -0.05) is 54.2 Å². The van der Waals surface area contributed by atoms with Crippen molar-refractivity contribution in [2.24, 2.45) is 0 Å². The van der Waals surface area contributed by atoms with E-state index in [0.29, 0.717) is 0 Å². The Morgan fingerprint density at radius 1 is 0.625 bits per heavy atom. The van der Waals surface area contributed by atoms with Crippen molar-refractivity contribution in [3.8, 4) is 5.69 Å². The normalized spacial score (nSPS) is 13.5. The molecule has 32 heavy (non-hydrogen) atoms. The number of hydrogen-bond acceptors (Lipinski definition) is 3. The first-order valence-corrected chi connectivity index (χ1v) is 11.6. The fourth-order valence-electron chi connectivity index (χ4n) is 4.43. The van der Waals surface area contributed by atoms with E-state index in [1.807, 2.05) is 11.8 Å². The van der Waals surface area contributed by atoms with Crippen LogP contribution in [0.15, 0.2) is 119 Å². The Balaban J connectivity index is 1.41. The minimum atomic E-state index is 0.888. The van der Waals surface area contributed by atoms with Crippen molar-refractivity contribution >= 4 is 39.3 Å². The molecule has 3 nitrogen and oxygen atoms in total. The average molecular weight is 434 g/mol. The van der Waals surface area contributed by atoms with Crippen molar-refractivity contribution in [1.82, 2.24) is 9.47 Å². The van der Waals surface area contributed by atoms with Gasteiger partial charge in [0.1, 0.15) is 0 Å². The lowest BCUT2D eigenvalue weighted by molar-refractivity contribution is 0.495. The largest absolute Gasteiger partial charge is 0.361 e. The number of anilines is 1. The molecule has 4 aromatic carbocycles. The van der Waals surface area contributed by atoms with Crippen LogP contribution >= 0.6 is 11.8 Å². The molecule has 4 heteroatoms. The zero-order valence-corrected chi connectivity index (χ0v) is 18.7. The van der Waals surface area contributed by atoms with E-state index in [9.17, 15) is 0 Å². The summed E-state index contributed by atoms with van der Waals surface area (Å²) in [6.45, 7) is 0.888. The highest BCUT2D eigenvalue weighted by atomic mass is 32.2. The Hall–Kier alpha value is -3.63. The molecule has 2 heterocycles. The van der Waals surface area contributed by atoms with Crippen LogP contribution < -0.4 is 4.90 Å². The van der Waals surface area contributed by atoms with Crippen LogP contribution in [-0.4, -0.2) is 23.2 Å². The van der Waals surface area contributed by atoms with Gasteiger partial charge in [-0.2, -0.15) is 0 Å². The van der Waals surface area contributed by atoms with Gasteiger partial charge < -0.3 is 14.4 Å². The number of aromatic nitrogens is 1. The summed E-state index contributed by atoms with van der Waals surface area (Å²) in [4.78, 5) is 6.94. The predicted octanol–water partition coefficient (Wildman–Crippen LogP) is 7.12. The molecule has 5 aromatic rings. The number of hydrogen-bond donors (Lipinski definition) is 0. The molecule has 0 unspecified atom stereocenters. The summed E-state index contributed by atoms with van der Waals surface area (Å²) in [5.74, 6) is 0. The zero-order chi connectivity index (χ0) is 21.5. The van der Waals surface area contributed by atoms with Gasteiger partial charge in [0.05, 0.1) is 17.7 Å². The van der Waals surface area contributed by atoms with Crippen molar-refractivity contribution in [2.45, 2.75) is 9.79 Å². The standard InChI is InChI=1S/C28H23N3S/c1-29-16-17-30(20-29)22-10-7-11-23(18-22)32-24-14-15-28-26(19-24)25-12-5-6-13-27(25)31(28)21-8-3-2-4-9-21/h2-19H,20H2,1H3. The second-order valence-electron chi connectivity index (χ2n) is 8.13. The van der Waals surface area contributed by atoms with Crippen LogP contribution in [0.25, 0.3) is 27.5 Å². The van der Waals surface area contributed by atoms with E-state index in [2.05, 4.69) is 131 Å². The number of fused-ring (bicyclic) bond motifs is 3. The highest BCUT2D eigenvalue weighted by Gasteiger charge is 2.14. The number of para-hydroxylation sites is 2. The average Bonchev–Trinajstić information content (AvgIpc) is 3.41. The minimum Gasteiger partial charge on any atom is -0.361 e. The van der Waals surface area contributed by atoms with Crippen LogP contribution in [0.3, 0.4) is 0 Å². The predicted molar refractivity (Wildman–Crippen MR) is 136 cm³/mol. The molecule has 0 amide bonds. The van der Waals surface area contributed by atoms with Crippen molar-refractivity contribution in [3.05, 3.63) is 109 Å². The molecule has 0 fully saturated rings. The van der Waals surface area contributed by atoms with E-state index < -0.39 is 0 Å². The monoisotopic (exact) mass is 433 g/mol. The van der Waals surface area contributed by atoms with Gasteiger partial charge >= 0.3 is 0 Å². The van der Waals surface area contributed by atoms with Crippen molar-refractivity contribution in [2.75, 3.05) is 18.6 Å². The Labute approximate surface area is 192 Å². The van der Waals surface area contributed by atoms with Crippen LogP contribution in [0.1, 0.15) is 0 Å². The van der Waals surface area contributed by atoms with Gasteiger partial charge in [0.15, 0.2) is 0 Å². The second-order valence-corrected chi connectivity index (χ2v) is 9.28. The molecule has 1 aromatic heterocycles. The van der Waals surface area contributed by atoms with Gasteiger partial charge in [0.25, 0.3) is 0 Å². The van der Waals surface area contributed by atoms with Crippen molar-refractivity contribution in [3.63, 3.8) is 0 Å². The smallest absolute Gasteiger partial charge is 0.0938 e. The third-order valence-corrected chi connectivity index (χ3v) is 6.90. The van der Waals surface area contributed by atoms with Gasteiger partial charge in [-0.05, 0) is 54.6 Å². The summed E-state index contributed by atoms with van der Waals surface area (Å²) < 4.78 is 2.36. The van der Waals surface area contributed by atoms with Crippen LogP contribution in [0, 0.1) is 0 Å². The summed E-state index contributed by atoms with van der Waals surface area (Å²) in [6.07, 6.45) is 4.24. The molecular weight excluding hydrogens is 410 g/mol. The zero-order valence-electron chi connectivity index (χ0n) is 17.8. The lowest BCUT2D eigenvalue weighted by atomic mass is 10.1. The summed E-state index contributed by atoms with van der Waals surface area (Å²) in [5, 5.41) is 2.57. The Kier molecular flexibility index (Phi) is 4.66. The fourth-order valence-corrected chi connectivity index (χ4v) is 5.34. The first kappa shape index (κ1) is 19.1. The van der Waals surface area contributed by atoms with Gasteiger partial charge in [-0.15, -0.1) is 0 Å². The molecule has 1 aliphatic rings. The van der Waals surface area contributed by atoms with Crippen molar-refractivity contribution < 1.29 is 0 Å². The third kappa shape index (κ3) is 3.33. The number of benzene rings is 4. The number of rotatable bonds is 4. The van der Waals surface area contributed by atoms with Crippen molar-refractivity contribution in [1.29, 1.82) is 0 Å². The van der Waals surface area contributed by atoms with Gasteiger partial charge in [-0.25, -0.2) is 0 Å². The summed E-state index contributed by atoms with van der Waals surface area (Å²) >= 11 is 1.82. The molecule has 0 atom stereocenters. The number of nitrogens with zero attached hydrogens (tertiary/aromatic N) is 3. The Morgan fingerprint density at radius 2 is 1.38 bits per heavy atom. The molecule has 1 aliphatic heterocycles. The SMILES string of the molecule is CN1C=CN(c2cccc(Sc3ccc4c(c3)c3ccccc3n4-c3ccccc3)c2)C1. The summed E-state index contributed by atoms with van der Waals surface area (Å²) in [6, 6.07) is 34.9. The highest BCUT2D eigenvalue weighted by Crippen LogP contribution is 2.37. The van der Waals surface area contributed by atoms with E-state index in [-0.39, 0.29) is 0 Å². The summed E-state index contributed by atoms with van der Waals surface area (Å²) in [7, 11) is 2.09. The minimum absolute atomic E-state index is 0.888. The first-order valence-electron chi connectivity index (χ1n) is 10.8. The molecule has 0 spiro atoms. The maximum atomic E-state index is 2.36. The molecule has 6 rings (SSSR count). The van der Waals surface area contributed by atoms with Gasteiger partial charge in [0, 0.05) is 51.4 Å². The first-order chi connectivity index (χ1) is 15.8. The van der Waals surface area contributed by atoms with Crippen LogP contribution in [0.4, 0.5) is 5.69 Å². The maximum absolute atomic E-state index is 2.36. The fraction of sp³-hybridized carbons (Fsp3) is 0.0714. The molecule has 0 N–H and O–H groups in total. The Bertz CT molecular complexity index is 1450. The Morgan fingerprint density at radius 3 is 2.22 bits per heavy atom. The summed E-state index contributed by atoms with van der Waals surface area (Å²) in [5.41, 5.74) is 4.89. The van der Waals surface area contributed by atoms with Crippen LogP contribution in [-0.2, 0) is 0 Å². The van der Waals surface area contributed by atoms with Gasteiger partial charge in [0.2, 0.25) is 0 Å². The highest BCUT2D eigenvalue weighted by molar-refractivity contribution is 7.99. The van der Waals surface area contributed by atoms with E-state index in [1.165, 1.54) is 43.0 Å². The van der Waals surface area contributed by atoms with Crippen LogP contribution in [0.5, 0.6) is 0 Å². The van der Waals surface area contributed by atoms with Crippen LogP contribution in [0.2, 0.25) is 0 Å². The molecule has 0 aliphatic carbocycles. The maximum Gasteiger partial charge on any atom is 0.0938 e. The third-order valence-electron chi connectivity index (χ3n) is 5.92. The van der Waals surface area contributed by atoms with E-state index in [1.54, 1.807) is 0 Å². The molecule has 0 saturated heterocycles. The molecule has 156 valence electrons.